The van der Waals surface area contributed by atoms with Crippen molar-refractivity contribution in [3.05, 3.63) is 58.9 Å². The van der Waals surface area contributed by atoms with Gasteiger partial charge in [0.25, 0.3) is 0 Å². The molecule has 0 aliphatic heterocycles. The van der Waals surface area contributed by atoms with Crippen LogP contribution in [0.4, 0.5) is 10.1 Å². The standard InChI is InChI=1S/C18H17ClFNO3/c1-3-24-16-8-6-13(11-17(16)23-2)21-18(22)9-5-12-4-7-15(20)14(19)10-12/h4-11H,3H2,1-2H3,(H,21,22)/b9-5+. The van der Waals surface area contributed by atoms with Crippen molar-refractivity contribution >= 4 is 29.3 Å². The second kappa shape index (κ2) is 8.36. The number of hydrogen-bond donors (Lipinski definition) is 1. The van der Waals surface area contributed by atoms with Crippen LogP contribution in [-0.4, -0.2) is 19.6 Å². The topological polar surface area (TPSA) is 47.6 Å². The molecular formula is C18H17ClFNO3. The first kappa shape index (κ1) is 17.8. The Morgan fingerprint density at radius 1 is 1.25 bits per heavy atom. The van der Waals surface area contributed by atoms with Gasteiger partial charge >= 0.3 is 0 Å². The highest BCUT2D eigenvalue weighted by atomic mass is 35.5. The Balaban J connectivity index is 2.06. The molecule has 0 aliphatic carbocycles. The van der Waals surface area contributed by atoms with Crippen molar-refractivity contribution in [1.82, 2.24) is 0 Å². The van der Waals surface area contributed by atoms with Gasteiger partial charge in [0, 0.05) is 17.8 Å². The van der Waals surface area contributed by atoms with Crippen LogP contribution in [0.2, 0.25) is 5.02 Å². The molecule has 0 atom stereocenters. The van der Waals surface area contributed by atoms with Crippen molar-refractivity contribution in [3.8, 4) is 11.5 Å². The van der Waals surface area contributed by atoms with E-state index < -0.39 is 5.82 Å². The number of ether oxygens (including phenoxy) is 2. The Labute approximate surface area is 144 Å². The molecule has 0 heterocycles. The number of amides is 1. The van der Waals surface area contributed by atoms with Crippen LogP contribution in [0.25, 0.3) is 6.08 Å². The average molecular weight is 350 g/mol. The van der Waals surface area contributed by atoms with E-state index in [4.69, 9.17) is 21.1 Å². The minimum atomic E-state index is -0.500. The normalized spacial score (nSPS) is 10.7. The minimum Gasteiger partial charge on any atom is -0.493 e. The van der Waals surface area contributed by atoms with Crippen molar-refractivity contribution < 1.29 is 18.7 Å². The van der Waals surface area contributed by atoms with E-state index in [9.17, 15) is 9.18 Å². The van der Waals surface area contributed by atoms with Crippen LogP contribution >= 0.6 is 11.6 Å². The number of rotatable bonds is 6. The van der Waals surface area contributed by atoms with Crippen molar-refractivity contribution in [2.24, 2.45) is 0 Å². The molecule has 6 heteroatoms. The first-order valence-electron chi connectivity index (χ1n) is 7.28. The molecule has 0 aromatic heterocycles. The predicted molar refractivity (Wildman–Crippen MR) is 93.2 cm³/mol. The Morgan fingerprint density at radius 2 is 2.04 bits per heavy atom. The van der Waals surface area contributed by atoms with E-state index >= 15 is 0 Å². The Bertz CT molecular complexity index is 762. The van der Waals surface area contributed by atoms with E-state index in [0.717, 1.165) is 0 Å². The van der Waals surface area contributed by atoms with Gasteiger partial charge < -0.3 is 14.8 Å². The fourth-order valence-corrected chi connectivity index (χ4v) is 2.18. The van der Waals surface area contributed by atoms with Gasteiger partial charge in [0.15, 0.2) is 11.5 Å². The second-order valence-electron chi connectivity index (χ2n) is 4.79. The van der Waals surface area contributed by atoms with Crippen molar-refractivity contribution in [2.75, 3.05) is 19.0 Å². The Kier molecular flexibility index (Phi) is 6.21. The molecule has 0 radical (unpaired) electrons. The highest BCUT2D eigenvalue weighted by Gasteiger charge is 2.06. The van der Waals surface area contributed by atoms with E-state index in [1.165, 1.54) is 31.4 Å². The van der Waals surface area contributed by atoms with Crippen LogP contribution in [0, 0.1) is 5.82 Å². The van der Waals surface area contributed by atoms with E-state index in [2.05, 4.69) is 5.32 Å². The fraction of sp³-hybridized carbons (Fsp3) is 0.167. The molecule has 126 valence electrons. The van der Waals surface area contributed by atoms with Gasteiger partial charge in [-0.3, -0.25) is 4.79 Å². The maximum atomic E-state index is 13.1. The summed E-state index contributed by atoms with van der Waals surface area (Å²) in [5.74, 6) is 0.305. The van der Waals surface area contributed by atoms with Crippen LogP contribution in [0.15, 0.2) is 42.5 Å². The molecule has 4 nitrogen and oxygen atoms in total. The lowest BCUT2D eigenvalue weighted by molar-refractivity contribution is -0.111. The Morgan fingerprint density at radius 3 is 2.71 bits per heavy atom. The molecular weight excluding hydrogens is 333 g/mol. The van der Waals surface area contributed by atoms with Gasteiger partial charge in [0.2, 0.25) is 5.91 Å². The van der Waals surface area contributed by atoms with Crippen molar-refractivity contribution in [1.29, 1.82) is 0 Å². The van der Waals surface area contributed by atoms with Gasteiger partial charge in [0.05, 0.1) is 18.7 Å². The molecule has 0 bridgehead atoms. The number of hydrogen-bond acceptors (Lipinski definition) is 3. The largest absolute Gasteiger partial charge is 0.493 e. The third kappa shape index (κ3) is 4.73. The van der Waals surface area contributed by atoms with Crippen molar-refractivity contribution in [2.45, 2.75) is 6.92 Å². The van der Waals surface area contributed by atoms with Gasteiger partial charge in [0.1, 0.15) is 5.82 Å². The van der Waals surface area contributed by atoms with Gasteiger partial charge in [-0.25, -0.2) is 4.39 Å². The van der Waals surface area contributed by atoms with Gasteiger partial charge in [-0.15, -0.1) is 0 Å². The van der Waals surface area contributed by atoms with Crippen LogP contribution in [-0.2, 0) is 4.79 Å². The second-order valence-corrected chi connectivity index (χ2v) is 5.20. The number of methoxy groups -OCH3 is 1. The smallest absolute Gasteiger partial charge is 0.248 e. The molecule has 0 spiro atoms. The Hall–Kier alpha value is -2.53. The van der Waals surface area contributed by atoms with Crippen LogP contribution in [0.3, 0.4) is 0 Å². The lowest BCUT2D eigenvalue weighted by atomic mass is 10.2. The third-order valence-corrected chi connectivity index (χ3v) is 3.39. The summed E-state index contributed by atoms with van der Waals surface area (Å²) in [7, 11) is 1.53. The van der Waals surface area contributed by atoms with Gasteiger partial charge in [-0.2, -0.15) is 0 Å². The maximum Gasteiger partial charge on any atom is 0.248 e. The van der Waals surface area contributed by atoms with Gasteiger partial charge in [-0.1, -0.05) is 17.7 Å². The van der Waals surface area contributed by atoms with Crippen LogP contribution in [0.5, 0.6) is 11.5 Å². The summed E-state index contributed by atoms with van der Waals surface area (Å²) in [5.41, 5.74) is 1.20. The number of nitrogens with one attached hydrogen (secondary N) is 1. The predicted octanol–water partition coefficient (Wildman–Crippen LogP) is 4.54. The molecule has 0 saturated carbocycles. The molecule has 24 heavy (non-hydrogen) atoms. The molecule has 1 N–H and O–H groups in total. The molecule has 2 aromatic carbocycles. The highest BCUT2D eigenvalue weighted by Crippen LogP contribution is 2.30. The lowest BCUT2D eigenvalue weighted by Crippen LogP contribution is -2.08. The lowest BCUT2D eigenvalue weighted by Gasteiger charge is -2.11. The number of halogens is 2. The first-order valence-corrected chi connectivity index (χ1v) is 7.66. The maximum absolute atomic E-state index is 13.1. The SMILES string of the molecule is CCOc1ccc(NC(=O)/C=C/c2ccc(F)c(Cl)c2)cc1OC. The number of anilines is 1. The molecule has 0 unspecified atom stereocenters. The summed E-state index contributed by atoms with van der Waals surface area (Å²) in [6.07, 6.45) is 2.89. The summed E-state index contributed by atoms with van der Waals surface area (Å²) < 4.78 is 23.7. The summed E-state index contributed by atoms with van der Waals surface area (Å²) in [6, 6.07) is 9.34. The average Bonchev–Trinajstić information content (AvgIpc) is 2.57. The van der Waals surface area contributed by atoms with E-state index in [0.29, 0.717) is 29.4 Å². The summed E-state index contributed by atoms with van der Waals surface area (Å²) in [5, 5.41) is 2.72. The van der Waals surface area contributed by atoms with Crippen LogP contribution < -0.4 is 14.8 Å². The summed E-state index contributed by atoms with van der Waals surface area (Å²) in [4.78, 5) is 12.0. The number of carbonyl (C=O) groups is 1. The summed E-state index contributed by atoms with van der Waals surface area (Å²) in [6.45, 7) is 2.40. The fourth-order valence-electron chi connectivity index (χ4n) is 1.99. The molecule has 2 aromatic rings. The highest BCUT2D eigenvalue weighted by molar-refractivity contribution is 6.30. The zero-order valence-corrected chi connectivity index (χ0v) is 14.1. The molecule has 0 fully saturated rings. The van der Waals surface area contributed by atoms with Gasteiger partial charge in [-0.05, 0) is 42.8 Å². The molecule has 1 amide bonds. The molecule has 0 aliphatic rings. The first-order chi connectivity index (χ1) is 11.5. The monoisotopic (exact) mass is 349 g/mol. The number of carbonyl (C=O) groups excluding carboxylic acids is 1. The van der Waals surface area contributed by atoms with E-state index in [-0.39, 0.29) is 10.9 Å². The quantitative estimate of drug-likeness (QED) is 0.779. The third-order valence-electron chi connectivity index (χ3n) is 3.10. The number of benzene rings is 2. The van der Waals surface area contributed by atoms with E-state index in [1.807, 2.05) is 6.92 Å². The van der Waals surface area contributed by atoms with Crippen molar-refractivity contribution in [3.63, 3.8) is 0 Å². The summed E-state index contributed by atoms with van der Waals surface area (Å²) >= 11 is 5.70. The zero-order valence-electron chi connectivity index (χ0n) is 13.3. The van der Waals surface area contributed by atoms with Crippen LogP contribution in [0.1, 0.15) is 12.5 Å². The zero-order chi connectivity index (χ0) is 17.5. The van der Waals surface area contributed by atoms with E-state index in [1.54, 1.807) is 24.3 Å². The molecule has 2 rings (SSSR count). The molecule has 0 saturated heterocycles. The minimum absolute atomic E-state index is 0.00816.